The Balaban J connectivity index is 0.975. The summed E-state index contributed by atoms with van der Waals surface area (Å²) < 4.78 is 0. The van der Waals surface area contributed by atoms with Crippen LogP contribution in [0.25, 0.3) is 77.0 Å². The number of rotatable bonds is 5. The number of aryl methyl sites for hydroxylation is 2. The fraction of sp³-hybridized carbons (Fsp3) is 0.196. The number of hydrogen-bond acceptors (Lipinski definition) is 1. The maximum Gasteiger partial charge on any atom is 0.0705 e. The molecule has 1 nitrogen and oxygen atoms in total. The standard InChI is InChI=1S/C51H43N/c1-2-10-34(11-3-1)42-24-27-46-47-28-25-43(33-49(47)45-18-6-5-17-44(45)48(46)32-42)41-16-9-15-40(31-41)39-14-8-13-38(30-39)35-20-22-37(23-21-35)51-29-26-36-12-4-7-19-50(36)52-51/h5-6,8-9,13-18,20-34H,1-4,7,10-12,19H2. The zero-order valence-electron chi connectivity index (χ0n) is 29.7. The SMILES string of the molecule is c1cc(-c2ccc(-c3ccc4c(n3)CCCC4)cc2)cc(-c2cccc(-c3ccc4c5ccc(C6CCCCC6)cc5c5ccccc5c4c3)c2)c1. The van der Waals surface area contributed by atoms with Crippen LogP contribution < -0.4 is 0 Å². The van der Waals surface area contributed by atoms with Crippen LogP contribution in [0, 0.1) is 0 Å². The van der Waals surface area contributed by atoms with Gasteiger partial charge < -0.3 is 0 Å². The maximum atomic E-state index is 5.04. The lowest BCUT2D eigenvalue weighted by Crippen LogP contribution is -2.05. The minimum atomic E-state index is 0.700. The Bertz CT molecular complexity index is 2580. The molecule has 2 aliphatic rings. The van der Waals surface area contributed by atoms with Crippen molar-refractivity contribution in [2.75, 3.05) is 0 Å². The Morgan fingerprint density at radius 2 is 0.923 bits per heavy atom. The van der Waals surface area contributed by atoms with Crippen LogP contribution in [0.15, 0.2) is 146 Å². The molecule has 1 heteroatoms. The predicted molar refractivity (Wildman–Crippen MR) is 221 cm³/mol. The van der Waals surface area contributed by atoms with Crippen molar-refractivity contribution < 1.29 is 0 Å². The number of nitrogens with zero attached hydrogens (tertiary/aromatic N) is 1. The van der Waals surface area contributed by atoms with Crippen molar-refractivity contribution in [2.24, 2.45) is 0 Å². The Hall–Kier alpha value is -5.53. The van der Waals surface area contributed by atoms with Crippen molar-refractivity contribution in [1.82, 2.24) is 4.98 Å². The molecule has 2 aliphatic carbocycles. The van der Waals surface area contributed by atoms with Crippen molar-refractivity contribution in [3.8, 4) is 44.6 Å². The van der Waals surface area contributed by atoms with E-state index in [-0.39, 0.29) is 0 Å². The molecule has 252 valence electrons. The second-order valence-corrected chi connectivity index (χ2v) is 15.2. The molecule has 0 saturated heterocycles. The van der Waals surface area contributed by atoms with Crippen LogP contribution in [0.3, 0.4) is 0 Å². The first-order chi connectivity index (χ1) is 25.7. The molecule has 1 fully saturated rings. The van der Waals surface area contributed by atoms with Gasteiger partial charge in [-0.2, -0.15) is 0 Å². The van der Waals surface area contributed by atoms with Gasteiger partial charge in [-0.15, -0.1) is 0 Å². The van der Waals surface area contributed by atoms with Crippen molar-refractivity contribution >= 4 is 32.3 Å². The van der Waals surface area contributed by atoms with E-state index in [1.165, 1.54) is 139 Å². The number of fused-ring (bicyclic) bond motifs is 7. The average molecular weight is 670 g/mol. The Morgan fingerprint density at radius 3 is 1.63 bits per heavy atom. The fourth-order valence-corrected chi connectivity index (χ4v) is 9.18. The van der Waals surface area contributed by atoms with E-state index in [1.54, 1.807) is 0 Å². The molecule has 0 radical (unpaired) electrons. The highest BCUT2D eigenvalue weighted by atomic mass is 14.7. The lowest BCUT2D eigenvalue weighted by Gasteiger charge is -2.23. The van der Waals surface area contributed by atoms with Gasteiger partial charge in [0.15, 0.2) is 0 Å². The third kappa shape index (κ3) is 5.70. The zero-order chi connectivity index (χ0) is 34.4. The number of benzene rings is 7. The van der Waals surface area contributed by atoms with Crippen LogP contribution in [0.1, 0.15) is 67.7 Å². The van der Waals surface area contributed by atoms with E-state index >= 15 is 0 Å². The van der Waals surface area contributed by atoms with Crippen molar-refractivity contribution in [3.63, 3.8) is 0 Å². The van der Waals surface area contributed by atoms with Gasteiger partial charge in [-0.1, -0.05) is 141 Å². The largest absolute Gasteiger partial charge is 0.253 e. The van der Waals surface area contributed by atoms with Crippen molar-refractivity contribution in [3.05, 3.63) is 162 Å². The van der Waals surface area contributed by atoms with Gasteiger partial charge in [0.1, 0.15) is 0 Å². The highest BCUT2D eigenvalue weighted by Crippen LogP contribution is 2.41. The molecular formula is C51H43N. The van der Waals surface area contributed by atoms with Gasteiger partial charge in [-0.25, -0.2) is 0 Å². The molecule has 10 rings (SSSR count). The Kier molecular flexibility index (Phi) is 7.94. The van der Waals surface area contributed by atoms with E-state index in [0.29, 0.717) is 5.92 Å². The third-order valence-corrected chi connectivity index (χ3v) is 12.0. The van der Waals surface area contributed by atoms with Crippen LogP contribution in [0.4, 0.5) is 0 Å². The lowest BCUT2D eigenvalue weighted by atomic mass is 9.82. The third-order valence-electron chi connectivity index (χ3n) is 12.0. The highest BCUT2D eigenvalue weighted by molar-refractivity contribution is 6.25. The van der Waals surface area contributed by atoms with Crippen LogP contribution in [0.2, 0.25) is 0 Å². The van der Waals surface area contributed by atoms with Gasteiger partial charge in [-0.05, 0) is 146 Å². The summed E-state index contributed by atoms with van der Waals surface area (Å²) >= 11 is 0. The van der Waals surface area contributed by atoms with Crippen LogP contribution in [-0.2, 0) is 12.8 Å². The van der Waals surface area contributed by atoms with Gasteiger partial charge in [0.05, 0.1) is 5.69 Å². The molecule has 0 bridgehead atoms. The quantitative estimate of drug-likeness (QED) is 0.166. The predicted octanol–water partition coefficient (Wildman–Crippen LogP) is 14.1. The summed E-state index contributed by atoms with van der Waals surface area (Å²) in [6.45, 7) is 0. The summed E-state index contributed by atoms with van der Waals surface area (Å²) in [4.78, 5) is 5.04. The van der Waals surface area contributed by atoms with Crippen LogP contribution in [0.5, 0.6) is 0 Å². The molecule has 0 amide bonds. The Labute approximate surface area is 307 Å². The van der Waals surface area contributed by atoms with E-state index in [9.17, 15) is 0 Å². The number of hydrogen-bond donors (Lipinski definition) is 0. The molecule has 0 spiro atoms. The van der Waals surface area contributed by atoms with E-state index in [4.69, 9.17) is 4.98 Å². The summed E-state index contributed by atoms with van der Waals surface area (Å²) in [7, 11) is 0. The first-order valence-electron chi connectivity index (χ1n) is 19.4. The molecule has 0 atom stereocenters. The van der Waals surface area contributed by atoms with E-state index in [0.717, 1.165) is 12.1 Å². The zero-order valence-corrected chi connectivity index (χ0v) is 29.7. The molecule has 8 aromatic rings. The summed E-state index contributed by atoms with van der Waals surface area (Å²) in [6, 6.07) is 54.9. The summed E-state index contributed by atoms with van der Waals surface area (Å²) in [5, 5.41) is 8.11. The monoisotopic (exact) mass is 669 g/mol. The molecule has 1 aromatic heterocycles. The van der Waals surface area contributed by atoms with Gasteiger partial charge >= 0.3 is 0 Å². The molecule has 1 saturated carbocycles. The minimum absolute atomic E-state index is 0.700. The normalized spacial score (nSPS) is 14.9. The van der Waals surface area contributed by atoms with Gasteiger partial charge in [0.2, 0.25) is 0 Å². The minimum Gasteiger partial charge on any atom is -0.253 e. The van der Waals surface area contributed by atoms with E-state index in [1.807, 2.05) is 0 Å². The average Bonchev–Trinajstić information content (AvgIpc) is 3.23. The van der Waals surface area contributed by atoms with E-state index in [2.05, 4.69) is 146 Å². The second-order valence-electron chi connectivity index (χ2n) is 15.2. The number of pyridine rings is 1. The second kappa shape index (κ2) is 13.2. The summed E-state index contributed by atoms with van der Waals surface area (Å²) in [6.07, 6.45) is 11.6. The van der Waals surface area contributed by atoms with Gasteiger partial charge in [0.25, 0.3) is 0 Å². The smallest absolute Gasteiger partial charge is 0.0705 e. The van der Waals surface area contributed by atoms with Gasteiger partial charge in [-0.3, -0.25) is 4.98 Å². The van der Waals surface area contributed by atoms with Crippen molar-refractivity contribution in [1.29, 1.82) is 0 Å². The molecule has 7 aromatic carbocycles. The first-order valence-corrected chi connectivity index (χ1v) is 19.4. The molecule has 0 N–H and O–H groups in total. The molecular weight excluding hydrogens is 627 g/mol. The number of aromatic nitrogens is 1. The molecule has 52 heavy (non-hydrogen) atoms. The maximum absolute atomic E-state index is 5.04. The molecule has 0 unspecified atom stereocenters. The Morgan fingerprint density at radius 1 is 0.365 bits per heavy atom. The van der Waals surface area contributed by atoms with Crippen LogP contribution >= 0.6 is 0 Å². The first kappa shape index (κ1) is 31.2. The topological polar surface area (TPSA) is 12.9 Å². The fourth-order valence-electron chi connectivity index (χ4n) is 9.18. The van der Waals surface area contributed by atoms with Crippen molar-refractivity contribution in [2.45, 2.75) is 63.7 Å². The van der Waals surface area contributed by atoms with E-state index < -0.39 is 0 Å². The summed E-state index contributed by atoms with van der Waals surface area (Å²) in [5.74, 6) is 0.700. The molecule has 1 heterocycles. The molecule has 0 aliphatic heterocycles. The van der Waals surface area contributed by atoms with Gasteiger partial charge in [0, 0.05) is 11.3 Å². The van der Waals surface area contributed by atoms with Crippen LogP contribution in [-0.4, -0.2) is 4.98 Å². The lowest BCUT2D eigenvalue weighted by molar-refractivity contribution is 0.444. The summed E-state index contributed by atoms with van der Waals surface area (Å²) in [5.41, 5.74) is 13.9. The highest BCUT2D eigenvalue weighted by Gasteiger charge is 2.18.